The third-order valence-electron chi connectivity index (χ3n) is 4.46. The van der Waals surface area contributed by atoms with E-state index in [9.17, 15) is 14.7 Å². The van der Waals surface area contributed by atoms with E-state index in [0.717, 1.165) is 11.4 Å². The molecule has 0 aliphatic carbocycles. The van der Waals surface area contributed by atoms with Crippen molar-refractivity contribution in [2.24, 2.45) is 0 Å². The normalized spacial score (nSPS) is 11.4. The molecule has 1 aromatic carbocycles. The molecule has 140 valence electrons. The maximum atomic E-state index is 12.8. The van der Waals surface area contributed by atoms with Crippen LogP contribution in [-0.4, -0.2) is 36.5 Å². The van der Waals surface area contributed by atoms with Gasteiger partial charge in [0.05, 0.1) is 34.5 Å². The van der Waals surface area contributed by atoms with Crippen molar-refractivity contribution < 1.29 is 14.7 Å². The van der Waals surface area contributed by atoms with Crippen molar-refractivity contribution in [3.05, 3.63) is 59.7 Å². The van der Waals surface area contributed by atoms with Crippen molar-refractivity contribution >= 4 is 17.6 Å². The number of carboxylic acid groups (broad SMARTS) is 1. The van der Waals surface area contributed by atoms with Crippen LogP contribution >= 0.6 is 0 Å². The van der Waals surface area contributed by atoms with Crippen LogP contribution in [0.2, 0.25) is 0 Å². The van der Waals surface area contributed by atoms with Crippen molar-refractivity contribution in [1.29, 1.82) is 0 Å². The fourth-order valence-electron chi connectivity index (χ4n) is 2.78. The lowest BCUT2D eigenvalue weighted by Gasteiger charge is -2.19. The molecule has 2 aromatic heterocycles. The van der Waals surface area contributed by atoms with E-state index in [4.69, 9.17) is 0 Å². The number of anilines is 1. The first kappa shape index (κ1) is 18.4. The molecule has 1 amide bonds. The Kier molecular flexibility index (Phi) is 4.57. The molecule has 0 spiro atoms. The number of carbonyl (C=O) groups is 2. The number of hydrogen-bond acceptors (Lipinski definition) is 4. The SMILES string of the molecule is Cc1nn(-c2ccccc2)c(C)c1C(=O)Nc1cnn(C(C)(C)C(=O)O)c1. The number of rotatable bonds is 5. The van der Waals surface area contributed by atoms with Gasteiger partial charge in [0.15, 0.2) is 5.54 Å². The van der Waals surface area contributed by atoms with E-state index in [2.05, 4.69) is 15.5 Å². The zero-order chi connectivity index (χ0) is 19.8. The quantitative estimate of drug-likeness (QED) is 0.722. The summed E-state index contributed by atoms with van der Waals surface area (Å²) < 4.78 is 3.03. The molecule has 0 radical (unpaired) electrons. The van der Waals surface area contributed by atoms with E-state index in [0.29, 0.717) is 16.9 Å². The summed E-state index contributed by atoms with van der Waals surface area (Å²) in [6.07, 6.45) is 2.92. The molecule has 3 aromatic rings. The molecule has 0 saturated heterocycles. The van der Waals surface area contributed by atoms with Gasteiger partial charge >= 0.3 is 5.97 Å². The molecule has 0 aliphatic rings. The molecular weight excluding hydrogens is 346 g/mol. The van der Waals surface area contributed by atoms with E-state index in [1.807, 2.05) is 37.3 Å². The van der Waals surface area contributed by atoms with Crippen molar-refractivity contribution in [2.75, 3.05) is 5.32 Å². The van der Waals surface area contributed by atoms with Crippen LogP contribution in [0.1, 0.15) is 35.6 Å². The zero-order valence-electron chi connectivity index (χ0n) is 15.6. The number of amides is 1. The molecule has 0 fully saturated rings. The number of hydrogen-bond donors (Lipinski definition) is 2. The first-order valence-electron chi connectivity index (χ1n) is 8.43. The van der Waals surface area contributed by atoms with Crippen LogP contribution in [0.4, 0.5) is 5.69 Å². The second kappa shape index (κ2) is 6.71. The number of carbonyl (C=O) groups excluding carboxylic acids is 1. The average molecular weight is 367 g/mol. The van der Waals surface area contributed by atoms with Crippen LogP contribution in [0, 0.1) is 13.8 Å². The van der Waals surface area contributed by atoms with Gasteiger partial charge in [0.25, 0.3) is 5.91 Å². The monoisotopic (exact) mass is 367 g/mol. The second-order valence-corrected chi connectivity index (χ2v) is 6.79. The van der Waals surface area contributed by atoms with Crippen molar-refractivity contribution in [3.8, 4) is 5.69 Å². The number of aliphatic carboxylic acids is 1. The van der Waals surface area contributed by atoms with Crippen LogP contribution in [0.5, 0.6) is 0 Å². The van der Waals surface area contributed by atoms with Gasteiger partial charge in [-0.15, -0.1) is 0 Å². The van der Waals surface area contributed by atoms with Gasteiger partial charge in [0.1, 0.15) is 0 Å². The van der Waals surface area contributed by atoms with Gasteiger partial charge in [-0.3, -0.25) is 9.48 Å². The number of nitrogens with one attached hydrogen (secondary N) is 1. The molecule has 0 atom stereocenters. The van der Waals surface area contributed by atoms with E-state index in [1.54, 1.807) is 11.6 Å². The summed E-state index contributed by atoms with van der Waals surface area (Å²) in [5, 5.41) is 20.6. The summed E-state index contributed by atoms with van der Waals surface area (Å²) in [5.74, 6) is -1.33. The van der Waals surface area contributed by atoms with Crippen LogP contribution in [0.25, 0.3) is 5.69 Å². The maximum Gasteiger partial charge on any atom is 0.331 e. The summed E-state index contributed by atoms with van der Waals surface area (Å²) in [5.41, 5.74) is 1.87. The minimum Gasteiger partial charge on any atom is -0.479 e. The third-order valence-corrected chi connectivity index (χ3v) is 4.46. The highest BCUT2D eigenvalue weighted by molar-refractivity contribution is 6.05. The van der Waals surface area contributed by atoms with Gasteiger partial charge in [-0.25, -0.2) is 9.48 Å². The molecule has 0 unspecified atom stereocenters. The Morgan fingerprint density at radius 1 is 1.15 bits per heavy atom. The summed E-state index contributed by atoms with van der Waals surface area (Å²) in [7, 11) is 0. The van der Waals surface area contributed by atoms with Crippen LogP contribution in [0.15, 0.2) is 42.7 Å². The molecule has 0 bridgehead atoms. The van der Waals surface area contributed by atoms with Crippen LogP contribution in [-0.2, 0) is 10.3 Å². The Balaban J connectivity index is 1.87. The lowest BCUT2D eigenvalue weighted by molar-refractivity contribution is -0.146. The molecular formula is C19H21N5O3. The molecule has 27 heavy (non-hydrogen) atoms. The molecule has 3 rings (SSSR count). The van der Waals surface area contributed by atoms with Gasteiger partial charge in [0, 0.05) is 6.20 Å². The first-order chi connectivity index (χ1) is 12.7. The molecule has 0 aliphatic heterocycles. The molecule has 8 heteroatoms. The zero-order valence-corrected chi connectivity index (χ0v) is 15.6. The van der Waals surface area contributed by atoms with E-state index >= 15 is 0 Å². The Morgan fingerprint density at radius 3 is 2.44 bits per heavy atom. The smallest absolute Gasteiger partial charge is 0.331 e. The molecule has 8 nitrogen and oxygen atoms in total. The van der Waals surface area contributed by atoms with Gasteiger partial charge in [-0.2, -0.15) is 10.2 Å². The van der Waals surface area contributed by atoms with Crippen LogP contribution < -0.4 is 5.32 Å². The average Bonchev–Trinajstić information content (AvgIpc) is 3.20. The van der Waals surface area contributed by atoms with E-state index < -0.39 is 11.5 Å². The Bertz CT molecular complexity index is 1000. The minimum atomic E-state index is -1.22. The highest BCUT2D eigenvalue weighted by Crippen LogP contribution is 2.21. The molecule has 2 heterocycles. The van der Waals surface area contributed by atoms with Gasteiger partial charge in [-0.05, 0) is 39.8 Å². The number of aryl methyl sites for hydroxylation is 1. The fourth-order valence-corrected chi connectivity index (χ4v) is 2.78. The number of aromatic nitrogens is 4. The summed E-state index contributed by atoms with van der Waals surface area (Å²) in [6.45, 7) is 6.68. The van der Waals surface area contributed by atoms with Gasteiger partial charge in [0.2, 0.25) is 0 Å². The van der Waals surface area contributed by atoms with Crippen molar-refractivity contribution in [3.63, 3.8) is 0 Å². The fraction of sp³-hybridized carbons (Fsp3) is 0.263. The van der Waals surface area contributed by atoms with Crippen molar-refractivity contribution in [1.82, 2.24) is 19.6 Å². The lowest BCUT2D eigenvalue weighted by Crippen LogP contribution is -2.35. The second-order valence-electron chi connectivity index (χ2n) is 6.79. The first-order valence-corrected chi connectivity index (χ1v) is 8.43. The van der Waals surface area contributed by atoms with E-state index in [-0.39, 0.29) is 5.91 Å². The van der Waals surface area contributed by atoms with Gasteiger partial charge in [-0.1, -0.05) is 18.2 Å². The third kappa shape index (κ3) is 3.33. The predicted molar refractivity (Wildman–Crippen MR) is 100 cm³/mol. The lowest BCUT2D eigenvalue weighted by atomic mass is 10.1. The standard InChI is InChI=1S/C19H21N5O3/c1-12-16(13(2)24(22-12)15-8-6-5-7-9-15)17(25)21-14-10-20-23(11-14)19(3,4)18(26)27/h5-11H,1-4H3,(H,21,25)(H,26,27). The predicted octanol–water partition coefficient (Wildman–Crippen LogP) is 2.76. The minimum absolute atomic E-state index is 0.320. The molecule has 2 N–H and O–H groups in total. The number of carboxylic acids is 1. The van der Waals surface area contributed by atoms with E-state index in [1.165, 1.54) is 30.9 Å². The largest absolute Gasteiger partial charge is 0.479 e. The Hall–Kier alpha value is -3.42. The number of para-hydroxylation sites is 1. The molecule has 0 saturated carbocycles. The summed E-state index contributed by atoms with van der Waals surface area (Å²) in [6, 6.07) is 9.56. The van der Waals surface area contributed by atoms with Crippen molar-refractivity contribution in [2.45, 2.75) is 33.2 Å². The van der Waals surface area contributed by atoms with Crippen LogP contribution in [0.3, 0.4) is 0 Å². The Labute approximate surface area is 156 Å². The highest BCUT2D eigenvalue weighted by atomic mass is 16.4. The highest BCUT2D eigenvalue weighted by Gasteiger charge is 2.30. The summed E-state index contributed by atoms with van der Waals surface area (Å²) in [4.78, 5) is 24.1. The Morgan fingerprint density at radius 2 is 1.81 bits per heavy atom. The topological polar surface area (TPSA) is 102 Å². The van der Waals surface area contributed by atoms with Gasteiger partial charge < -0.3 is 10.4 Å². The summed E-state index contributed by atoms with van der Waals surface area (Å²) >= 11 is 0. The number of benzene rings is 1. The maximum absolute atomic E-state index is 12.8. The number of nitrogens with zero attached hydrogens (tertiary/aromatic N) is 4.